The molecule has 19 heavy (non-hydrogen) atoms. The topological polar surface area (TPSA) is 61.0 Å². The number of rotatable bonds is 4. The van der Waals surface area contributed by atoms with Crippen LogP contribution in [0.1, 0.15) is 17.8 Å². The number of hydrogen-bond acceptors (Lipinski definition) is 4. The molecule has 3 rings (SSSR count). The average Bonchev–Trinajstić information content (AvgIpc) is 2.92. The molecule has 1 aromatic carbocycles. The lowest BCUT2D eigenvalue weighted by Crippen LogP contribution is -2.03. The molecule has 4 nitrogen and oxygen atoms in total. The monoisotopic (exact) mass is 255 g/mol. The van der Waals surface area contributed by atoms with Gasteiger partial charge in [0, 0.05) is 24.6 Å². The summed E-state index contributed by atoms with van der Waals surface area (Å²) in [4.78, 5) is 8.88. The Balaban J connectivity index is 1.89. The van der Waals surface area contributed by atoms with Gasteiger partial charge in [-0.05, 0) is 42.8 Å². The maximum Gasteiger partial charge on any atom is 0.128 e. The van der Waals surface area contributed by atoms with Crippen LogP contribution in [0.4, 0.5) is 0 Å². The molecular formula is C15H17N3O. The highest BCUT2D eigenvalue weighted by atomic mass is 16.5. The van der Waals surface area contributed by atoms with Crippen LogP contribution in [0, 0.1) is 0 Å². The highest BCUT2D eigenvalue weighted by Gasteiger charge is 2.13. The second kappa shape index (κ2) is 5.36. The summed E-state index contributed by atoms with van der Waals surface area (Å²) in [5, 5.41) is 0. The first-order valence-electron chi connectivity index (χ1n) is 6.65. The van der Waals surface area contributed by atoms with Gasteiger partial charge in [-0.3, -0.25) is 0 Å². The first-order valence-corrected chi connectivity index (χ1v) is 6.65. The molecule has 0 amide bonds. The van der Waals surface area contributed by atoms with Gasteiger partial charge < -0.3 is 10.5 Å². The summed E-state index contributed by atoms with van der Waals surface area (Å²) in [6.07, 6.45) is 4.55. The summed E-state index contributed by atoms with van der Waals surface area (Å²) in [5.74, 6) is 1.86. The molecule has 2 heterocycles. The zero-order valence-electron chi connectivity index (χ0n) is 10.8. The first kappa shape index (κ1) is 12.1. The molecule has 0 bridgehead atoms. The molecule has 0 spiro atoms. The second-order valence-electron chi connectivity index (χ2n) is 4.67. The van der Waals surface area contributed by atoms with Crippen LogP contribution in [0.15, 0.2) is 30.5 Å². The van der Waals surface area contributed by atoms with E-state index in [-0.39, 0.29) is 0 Å². The molecule has 0 saturated heterocycles. The largest absolute Gasteiger partial charge is 0.493 e. The molecule has 0 fully saturated rings. The lowest BCUT2D eigenvalue weighted by atomic mass is 10.1. The second-order valence-corrected chi connectivity index (χ2v) is 4.67. The summed E-state index contributed by atoms with van der Waals surface area (Å²) in [6, 6.07) is 8.19. The number of fused-ring (bicyclic) bond motifs is 1. The van der Waals surface area contributed by atoms with E-state index in [1.807, 2.05) is 18.3 Å². The van der Waals surface area contributed by atoms with Crippen LogP contribution in [-0.2, 0) is 12.8 Å². The van der Waals surface area contributed by atoms with Crippen molar-refractivity contribution in [2.45, 2.75) is 19.3 Å². The standard InChI is InChI=1S/C15H17N3O/c16-7-1-2-15-17-8-5-13(18-15)11-3-4-14-12(10-11)6-9-19-14/h3-5,8,10H,1-2,6-7,9,16H2. The predicted molar refractivity (Wildman–Crippen MR) is 74.0 cm³/mol. The highest BCUT2D eigenvalue weighted by molar-refractivity contribution is 5.62. The van der Waals surface area contributed by atoms with E-state index in [0.717, 1.165) is 48.7 Å². The number of nitrogens with two attached hydrogens (primary N) is 1. The molecule has 1 aliphatic heterocycles. The highest BCUT2D eigenvalue weighted by Crippen LogP contribution is 2.29. The third kappa shape index (κ3) is 2.58. The Morgan fingerprint density at radius 1 is 1.26 bits per heavy atom. The molecule has 98 valence electrons. The molecule has 4 heteroatoms. The van der Waals surface area contributed by atoms with Crippen LogP contribution < -0.4 is 10.5 Å². The fourth-order valence-electron chi connectivity index (χ4n) is 2.29. The van der Waals surface area contributed by atoms with Gasteiger partial charge in [0.1, 0.15) is 11.6 Å². The molecule has 0 saturated carbocycles. The van der Waals surface area contributed by atoms with Crippen LogP contribution in [0.3, 0.4) is 0 Å². The van der Waals surface area contributed by atoms with Gasteiger partial charge in [-0.25, -0.2) is 9.97 Å². The van der Waals surface area contributed by atoms with Gasteiger partial charge in [0.25, 0.3) is 0 Å². The van der Waals surface area contributed by atoms with E-state index in [1.54, 1.807) is 0 Å². The van der Waals surface area contributed by atoms with Gasteiger partial charge in [0.2, 0.25) is 0 Å². The molecule has 1 aromatic heterocycles. The third-order valence-electron chi connectivity index (χ3n) is 3.30. The fourth-order valence-corrected chi connectivity index (χ4v) is 2.29. The summed E-state index contributed by atoms with van der Waals surface area (Å²) < 4.78 is 5.52. The number of hydrogen-bond donors (Lipinski definition) is 1. The van der Waals surface area contributed by atoms with Gasteiger partial charge >= 0.3 is 0 Å². The fraction of sp³-hybridized carbons (Fsp3) is 0.333. The van der Waals surface area contributed by atoms with Crippen molar-refractivity contribution in [3.63, 3.8) is 0 Å². The summed E-state index contributed by atoms with van der Waals surface area (Å²) in [6.45, 7) is 1.45. The first-order chi connectivity index (χ1) is 9.36. The van der Waals surface area contributed by atoms with Crippen molar-refractivity contribution in [1.82, 2.24) is 9.97 Å². The summed E-state index contributed by atoms with van der Waals surface area (Å²) in [5.41, 5.74) is 8.88. The molecular weight excluding hydrogens is 238 g/mol. The Kier molecular flexibility index (Phi) is 3.42. The lowest BCUT2D eigenvalue weighted by Gasteiger charge is -2.05. The Morgan fingerprint density at radius 3 is 3.11 bits per heavy atom. The molecule has 2 N–H and O–H groups in total. The minimum Gasteiger partial charge on any atom is -0.493 e. The minimum atomic E-state index is 0.670. The van der Waals surface area contributed by atoms with Crippen LogP contribution >= 0.6 is 0 Å². The minimum absolute atomic E-state index is 0.670. The maximum absolute atomic E-state index is 5.52. The average molecular weight is 255 g/mol. The Bertz CT molecular complexity index is 583. The Labute approximate surface area is 112 Å². The van der Waals surface area contributed by atoms with Crippen LogP contribution in [0.5, 0.6) is 5.75 Å². The molecule has 0 unspecified atom stereocenters. The van der Waals surface area contributed by atoms with Crippen LogP contribution in [-0.4, -0.2) is 23.1 Å². The zero-order valence-corrected chi connectivity index (χ0v) is 10.8. The lowest BCUT2D eigenvalue weighted by molar-refractivity contribution is 0.357. The van der Waals surface area contributed by atoms with Crippen molar-refractivity contribution < 1.29 is 4.74 Å². The molecule has 2 aromatic rings. The Morgan fingerprint density at radius 2 is 2.21 bits per heavy atom. The van der Waals surface area contributed by atoms with E-state index < -0.39 is 0 Å². The van der Waals surface area contributed by atoms with E-state index >= 15 is 0 Å². The SMILES string of the molecule is NCCCc1nccc(-c2ccc3c(c2)CCO3)n1. The Hall–Kier alpha value is -1.94. The van der Waals surface area contributed by atoms with E-state index in [1.165, 1.54) is 5.56 Å². The van der Waals surface area contributed by atoms with Crippen molar-refractivity contribution >= 4 is 0 Å². The molecule has 0 aliphatic carbocycles. The van der Waals surface area contributed by atoms with E-state index in [4.69, 9.17) is 10.5 Å². The number of aromatic nitrogens is 2. The van der Waals surface area contributed by atoms with Crippen molar-refractivity contribution in [2.24, 2.45) is 5.73 Å². The van der Waals surface area contributed by atoms with Crippen LogP contribution in [0.2, 0.25) is 0 Å². The number of nitrogens with zero attached hydrogens (tertiary/aromatic N) is 2. The van der Waals surface area contributed by atoms with E-state index in [0.29, 0.717) is 6.54 Å². The number of ether oxygens (including phenoxy) is 1. The normalized spacial score (nSPS) is 13.1. The van der Waals surface area contributed by atoms with Crippen molar-refractivity contribution in [1.29, 1.82) is 0 Å². The van der Waals surface area contributed by atoms with Crippen molar-refractivity contribution in [2.75, 3.05) is 13.2 Å². The van der Waals surface area contributed by atoms with Gasteiger partial charge in [0.05, 0.1) is 12.3 Å². The van der Waals surface area contributed by atoms with Crippen molar-refractivity contribution in [3.05, 3.63) is 41.9 Å². The van der Waals surface area contributed by atoms with Gasteiger partial charge in [-0.1, -0.05) is 0 Å². The summed E-state index contributed by atoms with van der Waals surface area (Å²) >= 11 is 0. The van der Waals surface area contributed by atoms with E-state index in [2.05, 4.69) is 22.1 Å². The van der Waals surface area contributed by atoms with Crippen LogP contribution in [0.25, 0.3) is 11.3 Å². The molecule has 1 aliphatic rings. The zero-order chi connectivity index (χ0) is 13.1. The third-order valence-corrected chi connectivity index (χ3v) is 3.30. The van der Waals surface area contributed by atoms with Gasteiger partial charge in [-0.15, -0.1) is 0 Å². The van der Waals surface area contributed by atoms with Gasteiger partial charge in [0.15, 0.2) is 0 Å². The number of benzene rings is 1. The van der Waals surface area contributed by atoms with Gasteiger partial charge in [-0.2, -0.15) is 0 Å². The quantitative estimate of drug-likeness (QED) is 0.907. The molecule has 0 atom stereocenters. The predicted octanol–water partition coefficient (Wildman–Crippen LogP) is 1.97. The molecule has 0 radical (unpaired) electrons. The van der Waals surface area contributed by atoms with Crippen molar-refractivity contribution in [3.8, 4) is 17.0 Å². The smallest absolute Gasteiger partial charge is 0.128 e. The van der Waals surface area contributed by atoms with E-state index in [9.17, 15) is 0 Å². The summed E-state index contributed by atoms with van der Waals surface area (Å²) in [7, 11) is 0. The maximum atomic E-state index is 5.52. The number of aryl methyl sites for hydroxylation is 1.